The molecule has 1 nitrogen and oxygen atoms in total. The quantitative estimate of drug-likeness (QED) is 0.632. The van der Waals surface area contributed by atoms with Gasteiger partial charge in [0.1, 0.15) is 0 Å². The third kappa shape index (κ3) is 2.75. The average molecular weight is 138 g/mol. The molecule has 0 radical (unpaired) electrons. The smallest absolute Gasteiger partial charge is 0.336 e. The van der Waals surface area contributed by atoms with E-state index in [1.54, 1.807) is 13.8 Å². The molecule has 0 spiro atoms. The standard InChI is InChI=1S/C6H12F2O/c1-3-5(4-2)6(7,8)9/h5,9H,3-4H2,1-2H3. The third-order valence-corrected chi connectivity index (χ3v) is 1.48. The highest BCUT2D eigenvalue weighted by molar-refractivity contribution is 4.62. The lowest BCUT2D eigenvalue weighted by atomic mass is 10.0. The van der Waals surface area contributed by atoms with Gasteiger partial charge in [-0.2, -0.15) is 8.78 Å². The summed E-state index contributed by atoms with van der Waals surface area (Å²) in [5.41, 5.74) is 0. The SMILES string of the molecule is CCC(CC)C(O)(F)F. The third-order valence-electron chi connectivity index (χ3n) is 1.48. The van der Waals surface area contributed by atoms with Gasteiger partial charge in [-0.25, -0.2) is 0 Å². The Labute approximate surface area is 53.7 Å². The van der Waals surface area contributed by atoms with Crippen LogP contribution < -0.4 is 0 Å². The minimum Gasteiger partial charge on any atom is -0.336 e. The largest absolute Gasteiger partial charge is 0.356 e. The normalized spacial score (nSPS) is 12.7. The van der Waals surface area contributed by atoms with Crippen LogP contribution in [0.1, 0.15) is 26.7 Å². The van der Waals surface area contributed by atoms with Gasteiger partial charge >= 0.3 is 6.11 Å². The molecule has 0 aromatic carbocycles. The number of hydrogen-bond acceptors (Lipinski definition) is 1. The lowest BCUT2D eigenvalue weighted by Crippen LogP contribution is -2.26. The number of halogens is 2. The molecule has 0 amide bonds. The van der Waals surface area contributed by atoms with Gasteiger partial charge in [0.25, 0.3) is 0 Å². The predicted octanol–water partition coefficient (Wildman–Crippen LogP) is 2.01. The molecule has 0 aliphatic rings. The Morgan fingerprint density at radius 2 is 1.67 bits per heavy atom. The predicted molar refractivity (Wildman–Crippen MR) is 31.2 cm³/mol. The van der Waals surface area contributed by atoms with E-state index < -0.39 is 12.0 Å². The van der Waals surface area contributed by atoms with Crippen molar-refractivity contribution in [3.63, 3.8) is 0 Å². The van der Waals surface area contributed by atoms with Crippen LogP contribution in [0.5, 0.6) is 0 Å². The summed E-state index contributed by atoms with van der Waals surface area (Å²) in [5, 5.41) is 8.14. The Kier molecular flexibility index (Phi) is 3.04. The van der Waals surface area contributed by atoms with E-state index in [1.807, 2.05) is 0 Å². The van der Waals surface area contributed by atoms with Crippen LogP contribution in [-0.4, -0.2) is 11.2 Å². The summed E-state index contributed by atoms with van der Waals surface area (Å²) in [4.78, 5) is 0. The highest BCUT2D eigenvalue weighted by Crippen LogP contribution is 2.26. The van der Waals surface area contributed by atoms with E-state index in [0.717, 1.165) is 0 Å². The monoisotopic (exact) mass is 138 g/mol. The second-order valence-corrected chi connectivity index (χ2v) is 2.10. The molecule has 0 fully saturated rings. The van der Waals surface area contributed by atoms with Crippen molar-refractivity contribution in [3.8, 4) is 0 Å². The Morgan fingerprint density at radius 3 is 1.67 bits per heavy atom. The van der Waals surface area contributed by atoms with Crippen molar-refractivity contribution in [3.05, 3.63) is 0 Å². The first-order valence-electron chi connectivity index (χ1n) is 3.12. The van der Waals surface area contributed by atoms with Gasteiger partial charge in [0.2, 0.25) is 0 Å². The first-order chi connectivity index (χ1) is 4.02. The zero-order valence-corrected chi connectivity index (χ0v) is 5.69. The summed E-state index contributed by atoms with van der Waals surface area (Å²) in [6.07, 6.45) is -2.84. The molecule has 3 heteroatoms. The van der Waals surface area contributed by atoms with E-state index >= 15 is 0 Å². The lowest BCUT2D eigenvalue weighted by molar-refractivity contribution is -0.238. The zero-order chi connectivity index (χ0) is 7.49. The van der Waals surface area contributed by atoms with Gasteiger partial charge in [0.15, 0.2) is 0 Å². The molecule has 0 atom stereocenters. The molecule has 0 aliphatic heterocycles. The zero-order valence-electron chi connectivity index (χ0n) is 5.69. The lowest BCUT2D eigenvalue weighted by Gasteiger charge is -2.17. The van der Waals surface area contributed by atoms with Crippen LogP contribution in [0.3, 0.4) is 0 Å². The molecule has 56 valence electrons. The fraction of sp³-hybridized carbons (Fsp3) is 1.00. The molecule has 0 unspecified atom stereocenters. The summed E-state index contributed by atoms with van der Waals surface area (Å²) in [6.45, 7) is 3.27. The Balaban J connectivity index is 3.79. The fourth-order valence-corrected chi connectivity index (χ4v) is 0.780. The molecule has 0 rings (SSSR count). The molecule has 0 saturated heterocycles. The van der Waals surface area contributed by atoms with Crippen molar-refractivity contribution in [2.45, 2.75) is 32.8 Å². The van der Waals surface area contributed by atoms with Crippen LogP contribution in [0.25, 0.3) is 0 Å². The van der Waals surface area contributed by atoms with Crippen molar-refractivity contribution >= 4 is 0 Å². The topological polar surface area (TPSA) is 20.2 Å². The van der Waals surface area contributed by atoms with Crippen molar-refractivity contribution < 1.29 is 13.9 Å². The average Bonchev–Trinajstić information content (AvgIpc) is 1.65. The summed E-state index contributed by atoms with van der Waals surface area (Å²) in [7, 11) is 0. The van der Waals surface area contributed by atoms with E-state index in [-0.39, 0.29) is 0 Å². The second-order valence-electron chi connectivity index (χ2n) is 2.10. The maximum atomic E-state index is 11.9. The van der Waals surface area contributed by atoms with Gasteiger partial charge in [-0.05, 0) is 12.8 Å². The van der Waals surface area contributed by atoms with E-state index in [9.17, 15) is 8.78 Å². The first-order valence-corrected chi connectivity index (χ1v) is 3.12. The molecule has 0 aromatic heterocycles. The van der Waals surface area contributed by atoms with E-state index in [1.165, 1.54) is 0 Å². The van der Waals surface area contributed by atoms with Crippen molar-refractivity contribution in [1.29, 1.82) is 0 Å². The van der Waals surface area contributed by atoms with Gasteiger partial charge in [-0.15, -0.1) is 0 Å². The molecular formula is C6H12F2O. The first kappa shape index (κ1) is 8.82. The number of aliphatic hydroxyl groups is 1. The Morgan fingerprint density at radius 1 is 1.33 bits per heavy atom. The summed E-state index contributed by atoms with van der Waals surface area (Å²) in [6, 6.07) is 0. The highest BCUT2D eigenvalue weighted by Gasteiger charge is 2.33. The van der Waals surface area contributed by atoms with Gasteiger partial charge < -0.3 is 5.11 Å². The van der Waals surface area contributed by atoms with Crippen molar-refractivity contribution in [2.75, 3.05) is 0 Å². The highest BCUT2D eigenvalue weighted by atomic mass is 19.3. The van der Waals surface area contributed by atoms with Gasteiger partial charge in [-0.3, -0.25) is 0 Å². The van der Waals surface area contributed by atoms with E-state index in [4.69, 9.17) is 5.11 Å². The van der Waals surface area contributed by atoms with Gasteiger partial charge in [0, 0.05) is 5.92 Å². The Bertz CT molecular complexity index is 73.6. The molecule has 9 heavy (non-hydrogen) atoms. The minimum absolute atomic E-state index is 0.319. The minimum atomic E-state index is -3.48. The van der Waals surface area contributed by atoms with Crippen LogP contribution in [0.15, 0.2) is 0 Å². The van der Waals surface area contributed by atoms with Crippen molar-refractivity contribution in [1.82, 2.24) is 0 Å². The van der Waals surface area contributed by atoms with Gasteiger partial charge in [0.05, 0.1) is 0 Å². The molecule has 0 bridgehead atoms. The van der Waals surface area contributed by atoms with Crippen LogP contribution in [0, 0.1) is 5.92 Å². The summed E-state index contributed by atoms with van der Waals surface area (Å²) >= 11 is 0. The molecule has 0 saturated carbocycles. The number of hydrogen-bond donors (Lipinski definition) is 1. The van der Waals surface area contributed by atoms with E-state index in [0.29, 0.717) is 12.8 Å². The van der Waals surface area contributed by atoms with Crippen LogP contribution in [0.4, 0.5) is 8.78 Å². The molecule has 0 heterocycles. The van der Waals surface area contributed by atoms with Gasteiger partial charge in [-0.1, -0.05) is 13.8 Å². The van der Waals surface area contributed by atoms with Crippen LogP contribution >= 0.6 is 0 Å². The van der Waals surface area contributed by atoms with Crippen molar-refractivity contribution in [2.24, 2.45) is 5.92 Å². The second kappa shape index (κ2) is 3.11. The van der Waals surface area contributed by atoms with Crippen LogP contribution in [0.2, 0.25) is 0 Å². The summed E-state index contributed by atoms with van der Waals surface area (Å²) in [5.74, 6) is -0.877. The maximum Gasteiger partial charge on any atom is 0.356 e. The maximum absolute atomic E-state index is 11.9. The molecule has 0 aliphatic carbocycles. The number of rotatable bonds is 3. The molecule has 1 N–H and O–H groups in total. The summed E-state index contributed by atoms with van der Waals surface area (Å²) < 4.78 is 23.9. The molecular weight excluding hydrogens is 126 g/mol. The fourth-order valence-electron chi connectivity index (χ4n) is 0.780. The number of alkyl halides is 2. The van der Waals surface area contributed by atoms with Crippen LogP contribution in [-0.2, 0) is 0 Å². The van der Waals surface area contributed by atoms with E-state index in [2.05, 4.69) is 0 Å². The Hall–Kier alpha value is -0.180. The molecule has 0 aromatic rings.